The van der Waals surface area contributed by atoms with Crippen LogP contribution in [0.3, 0.4) is 0 Å². The molecule has 1 N–H and O–H groups in total. The fourth-order valence-corrected chi connectivity index (χ4v) is 1.80. The van der Waals surface area contributed by atoms with Crippen LogP contribution in [0.15, 0.2) is 4.52 Å². The molecule has 1 aromatic rings. The number of nitrogens with one attached hydrogen (secondary N) is 1. The Hall–Kier alpha value is -0.940. The van der Waals surface area contributed by atoms with Crippen molar-refractivity contribution in [2.45, 2.75) is 25.2 Å². The summed E-state index contributed by atoms with van der Waals surface area (Å²) in [7, 11) is 1.67. The van der Waals surface area contributed by atoms with Gasteiger partial charge in [-0.15, -0.1) is 0 Å². The van der Waals surface area contributed by atoms with Crippen molar-refractivity contribution in [3.8, 4) is 0 Å². The first-order valence-corrected chi connectivity index (χ1v) is 5.42. The zero-order valence-corrected chi connectivity index (χ0v) is 9.03. The molecule has 0 radical (unpaired) electrons. The lowest BCUT2D eigenvalue weighted by Crippen LogP contribution is -2.27. The summed E-state index contributed by atoms with van der Waals surface area (Å²) in [4.78, 5) is 4.39. The van der Waals surface area contributed by atoms with Crippen LogP contribution in [0.25, 0.3) is 0 Å². The Kier molecular flexibility index (Phi) is 3.69. The fraction of sp³-hybridized carbons (Fsp3) is 0.800. The number of hydrogen-bond acceptors (Lipinski definition) is 5. The molecular weight excluding hydrogens is 194 g/mol. The van der Waals surface area contributed by atoms with Crippen molar-refractivity contribution >= 4 is 0 Å². The number of methoxy groups -OCH3 is 1. The van der Waals surface area contributed by atoms with Gasteiger partial charge in [-0.25, -0.2) is 0 Å². The van der Waals surface area contributed by atoms with E-state index in [9.17, 15) is 0 Å². The first-order valence-electron chi connectivity index (χ1n) is 5.42. The minimum atomic E-state index is 0.464. The number of aromatic nitrogens is 2. The van der Waals surface area contributed by atoms with Gasteiger partial charge in [0.1, 0.15) is 0 Å². The van der Waals surface area contributed by atoms with Gasteiger partial charge in [0.25, 0.3) is 0 Å². The molecule has 0 atom stereocenters. The molecule has 5 nitrogen and oxygen atoms in total. The van der Waals surface area contributed by atoms with E-state index in [4.69, 9.17) is 9.26 Å². The zero-order valence-electron chi connectivity index (χ0n) is 9.03. The van der Waals surface area contributed by atoms with Gasteiger partial charge in [0.15, 0.2) is 5.82 Å². The molecule has 0 bridgehead atoms. The van der Waals surface area contributed by atoms with Gasteiger partial charge in [0, 0.05) is 13.0 Å². The Bertz CT molecular complexity index is 295. The normalized spacial score (nSPS) is 18.2. The monoisotopic (exact) mass is 211 g/mol. The molecule has 2 rings (SSSR count). The highest BCUT2D eigenvalue weighted by Crippen LogP contribution is 2.22. The minimum Gasteiger partial charge on any atom is -0.384 e. The third-order valence-electron chi connectivity index (χ3n) is 2.71. The average Bonchev–Trinajstić information content (AvgIpc) is 2.76. The predicted octanol–water partition coefficient (Wildman–Crippen LogP) is 0.726. The third-order valence-corrected chi connectivity index (χ3v) is 2.71. The SMILES string of the molecule is COCCc1nc(C2CCNCC2)no1. The van der Waals surface area contributed by atoms with Crippen LogP contribution in [0.1, 0.15) is 30.5 Å². The lowest BCUT2D eigenvalue weighted by molar-refractivity contribution is 0.192. The molecule has 0 saturated carbocycles. The Morgan fingerprint density at radius 1 is 1.47 bits per heavy atom. The molecule has 5 heteroatoms. The highest BCUT2D eigenvalue weighted by molar-refractivity contribution is 4.97. The van der Waals surface area contributed by atoms with Crippen LogP contribution < -0.4 is 5.32 Å². The third kappa shape index (κ3) is 2.76. The highest BCUT2D eigenvalue weighted by atomic mass is 16.5. The van der Waals surface area contributed by atoms with E-state index in [0.717, 1.165) is 31.8 Å². The van der Waals surface area contributed by atoms with Gasteiger partial charge < -0.3 is 14.6 Å². The molecule has 0 unspecified atom stereocenters. The summed E-state index contributed by atoms with van der Waals surface area (Å²) in [5.41, 5.74) is 0. The van der Waals surface area contributed by atoms with E-state index >= 15 is 0 Å². The molecule has 15 heavy (non-hydrogen) atoms. The van der Waals surface area contributed by atoms with E-state index in [2.05, 4.69) is 15.5 Å². The van der Waals surface area contributed by atoms with Gasteiger partial charge in [-0.2, -0.15) is 4.98 Å². The van der Waals surface area contributed by atoms with E-state index in [1.807, 2.05) is 0 Å². The van der Waals surface area contributed by atoms with Crippen molar-refractivity contribution in [3.05, 3.63) is 11.7 Å². The molecule has 1 aliphatic rings. The summed E-state index contributed by atoms with van der Waals surface area (Å²) in [6.45, 7) is 2.73. The second kappa shape index (κ2) is 5.23. The van der Waals surface area contributed by atoms with Gasteiger partial charge in [0.2, 0.25) is 5.89 Å². The number of piperidine rings is 1. The van der Waals surface area contributed by atoms with Crippen LogP contribution >= 0.6 is 0 Å². The second-order valence-electron chi connectivity index (χ2n) is 3.81. The standard InChI is InChI=1S/C10H17N3O2/c1-14-7-4-9-12-10(13-15-9)8-2-5-11-6-3-8/h8,11H,2-7H2,1H3. The lowest BCUT2D eigenvalue weighted by atomic mass is 9.98. The van der Waals surface area contributed by atoms with E-state index in [0.29, 0.717) is 24.8 Å². The molecule has 2 heterocycles. The average molecular weight is 211 g/mol. The molecule has 1 fully saturated rings. The quantitative estimate of drug-likeness (QED) is 0.795. The first kappa shape index (κ1) is 10.6. The summed E-state index contributed by atoms with van der Waals surface area (Å²) >= 11 is 0. The minimum absolute atomic E-state index is 0.464. The number of nitrogens with zero attached hydrogens (tertiary/aromatic N) is 2. The molecule has 0 spiro atoms. The molecule has 1 saturated heterocycles. The number of hydrogen-bond donors (Lipinski definition) is 1. The van der Waals surface area contributed by atoms with Crippen molar-refractivity contribution < 1.29 is 9.26 Å². The molecular formula is C10H17N3O2. The topological polar surface area (TPSA) is 60.2 Å². The van der Waals surface area contributed by atoms with Gasteiger partial charge in [-0.3, -0.25) is 0 Å². The Morgan fingerprint density at radius 3 is 3.00 bits per heavy atom. The molecule has 0 aromatic carbocycles. The van der Waals surface area contributed by atoms with Crippen LogP contribution in [0, 0.1) is 0 Å². The first-order chi connectivity index (χ1) is 7.40. The fourth-order valence-electron chi connectivity index (χ4n) is 1.80. The Morgan fingerprint density at radius 2 is 2.27 bits per heavy atom. The van der Waals surface area contributed by atoms with Crippen molar-refractivity contribution in [1.82, 2.24) is 15.5 Å². The van der Waals surface area contributed by atoms with Crippen LogP contribution in [-0.2, 0) is 11.2 Å². The summed E-state index contributed by atoms with van der Waals surface area (Å²) in [5.74, 6) is 2.01. The summed E-state index contributed by atoms with van der Waals surface area (Å²) in [5, 5.41) is 7.34. The molecule has 1 aliphatic heterocycles. The highest BCUT2D eigenvalue weighted by Gasteiger charge is 2.20. The van der Waals surface area contributed by atoms with Crippen LogP contribution in [0.5, 0.6) is 0 Å². The van der Waals surface area contributed by atoms with E-state index in [1.54, 1.807) is 7.11 Å². The summed E-state index contributed by atoms with van der Waals surface area (Å²) in [6, 6.07) is 0. The van der Waals surface area contributed by atoms with Crippen molar-refractivity contribution in [2.75, 3.05) is 26.8 Å². The van der Waals surface area contributed by atoms with Crippen LogP contribution in [0.2, 0.25) is 0 Å². The largest absolute Gasteiger partial charge is 0.384 e. The van der Waals surface area contributed by atoms with Gasteiger partial charge in [-0.05, 0) is 25.9 Å². The smallest absolute Gasteiger partial charge is 0.228 e. The Balaban J connectivity index is 1.93. The zero-order chi connectivity index (χ0) is 10.5. The Labute approximate surface area is 89.2 Å². The van der Waals surface area contributed by atoms with Gasteiger partial charge in [0.05, 0.1) is 13.0 Å². The molecule has 84 valence electrons. The number of ether oxygens (including phenoxy) is 1. The van der Waals surface area contributed by atoms with Crippen molar-refractivity contribution in [3.63, 3.8) is 0 Å². The van der Waals surface area contributed by atoms with E-state index < -0.39 is 0 Å². The lowest BCUT2D eigenvalue weighted by Gasteiger charge is -2.18. The van der Waals surface area contributed by atoms with Gasteiger partial charge >= 0.3 is 0 Å². The molecule has 0 amide bonds. The second-order valence-corrected chi connectivity index (χ2v) is 3.81. The maximum atomic E-state index is 5.16. The molecule has 1 aromatic heterocycles. The van der Waals surface area contributed by atoms with E-state index in [-0.39, 0.29) is 0 Å². The van der Waals surface area contributed by atoms with Crippen LogP contribution in [-0.4, -0.2) is 36.9 Å². The summed E-state index contributed by atoms with van der Waals surface area (Å²) in [6.07, 6.45) is 2.90. The number of rotatable bonds is 4. The predicted molar refractivity (Wildman–Crippen MR) is 54.7 cm³/mol. The maximum Gasteiger partial charge on any atom is 0.228 e. The van der Waals surface area contributed by atoms with Crippen molar-refractivity contribution in [2.24, 2.45) is 0 Å². The van der Waals surface area contributed by atoms with Gasteiger partial charge in [-0.1, -0.05) is 5.16 Å². The van der Waals surface area contributed by atoms with Crippen LogP contribution in [0.4, 0.5) is 0 Å². The maximum absolute atomic E-state index is 5.16. The summed E-state index contributed by atoms with van der Waals surface area (Å²) < 4.78 is 10.1. The molecule has 0 aliphatic carbocycles. The van der Waals surface area contributed by atoms with Crippen molar-refractivity contribution in [1.29, 1.82) is 0 Å². The van der Waals surface area contributed by atoms with E-state index in [1.165, 1.54) is 0 Å².